The fourth-order valence-electron chi connectivity index (χ4n) is 1.68. The summed E-state index contributed by atoms with van der Waals surface area (Å²) in [7, 11) is 1.62. The second-order valence-corrected chi connectivity index (χ2v) is 3.60. The van der Waals surface area contributed by atoms with E-state index in [1.807, 2.05) is 30.3 Å². The first kappa shape index (κ1) is 14.7. The quantitative estimate of drug-likeness (QED) is 0.604. The van der Waals surface area contributed by atoms with Crippen molar-refractivity contribution in [2.75, 3.05) is 7.11 Å². The van der Waals surface area contributed by atoms with Gasteiger partial charge < -0.3 is 14.6 Å². The molecule has 82 valence electrons. The van der Waals surface area contributed by atoms with Crippen molar-refractivity contribution in [1.29, 1.82) is 0 Å². The van der Waals surface area contributed by atoms with E-state index in [-0.39, 0.29) is 57.8 Å². The molecule has 4 heteroatoms. The van der Waals surface area contributed by atoms with Crippen LogP contribution in [0.5, 0.6) is 5.75 Å². The number of methoxy groups -OCH3 is 1. The molecule has 0 N–H and O–H groups in total. The molecule has 0 unspecified atom stereocenters. The Bertz CT molecular complexity index is 537. The van der Waals surface area contributed by atoms with Crippen LogP contribution >= 0.6 is 0 Å². The van der Waals surface area contributed by atoms with Crippen LogP contribution in [-0.4, -0.2) is 13.1 Å². The summed E-state index contributed by atoms with van der Waals surface area (Å²) in [6.45, 7) is 0. The van der Waals surface area contributed by atoms with Gasteiger partial charge >= 0.3 is 51.4 Å². The van der Waals surface area contributed by atoms with Crippen molar-refractivity contribution >= 4 is 16.7 Å². The van der Waals surface area contributed by atoms with E-state index in [4.69, 9.17) is 4.74 Å². The summed E-state index contributed by atoms with van der Waals surface area (Å²) < 4.78 is 5.11. The third-order valence-electron chi connectivity index (χ3n) is 2.46. The van der Waals surface area contributed by atoms with Gasteiger partial charge in [0.1, 0.15) is 5.75 Å². The molecule has 2 aromatic carbocycles. The summed E-state index contributed by atoms with van der Waals surface area (Å²) in [4.78, 5) is 10.5. The van der Waals surface area contributed by atoms with Crippen molar-refractivity contribution < 1.29 is 66.0 Å². The topological polar surface area (TPSA) is 49.4 Å². The third kappa shape index (κ3) is 3.79. The molecule has 0 atom stereocenters. The normalized spacial score (nSPS) is 9.71. The number of hydrogen-bond donors (Lipinski definition) is 0. The van der Waals surface area contributed by atoms with Gasteiger partial charge in [0.25, 0.3) is 0 Å². The van der Waals surface area contributed by atoms with Crippen LogP contribution in [0.4, 0.5) is 0 Å². The summed E-state index contributed by atoms with van der Waals surface area (Å²) in [5, 5.41) is 12.5. The minimum absolute atomic E-state index is 0. The summed E-state index contributed by atoms with van der Waals surface area (Å²) in [5.74, 6) is -0.270. The maximum atomic E-state index is 10.5. The number of hydrogen-bond acceptors (Lipinski definition) is 3. The van der Waals surface area contributed by atoms with Gasteiger partial charge in [-0.05, 0) is 28.5 Å². The second-order valence-electron chi connectivity index (χ2n) is 3.60. The van der Waals surface area contributed by atoms with Gasteiger partial charge in [0.15, 0.2) is 0 Å². The molecule has 0 aromatic heterocycles. The van der Waals surface area contributed by atoms with Crippen LogP contribution in [0.1, 0.15) is 5.56 Å². The number of aliphatic carboxylic acids is 1. The number of carboxylic acid groups (broad SMARTS) is 1. The standard InChI is InChI=1S/C13H12O3.K/c1-16-12-5-4-10-6-9(7-13(14)15)2-3-11(10)8-12;/h2-6,8H,7H2,1H3,(H,14,15);/q;+1/p-1. The van der Waals surface area contributed by atoms with Gasteiger partial charge in [0.2, 0.25) is 0 Å². The third-order valence-corrected chi connectivity index (χ3v) is 2.46. The summed E-state index contributed by atoms with van der Waals surface area (Å²) in [6, 6.07) is 11.2. The molecular formula is C13H11KO3. The Morgan fingerprint density at radius 1 is 1.18 bits per heavy atom. The first-order valence-electron chi connectivity index (χ1n) is 4.95. The Balaban J connectivity index is 0.00000144. The molecule has 0 saturated heterocycles. The molecule has 0 bridgehead atoms. The average Bonchev–Trinajstić information content (AvgIpc) is 2.27. The first-order valence-corrected chi connectivity index (χ1v) is 4.95. The van der Waals surface area contributed by atoms with Crippen molar-refractivity contribution in [3.8, 4) is 5.75 Å². The van der Waals surface area contributed by atoms with Gasteiger partial charge in [-0.3, -0.25) is 0 Å². The number of carboxylic acids is 1. The van der Waals surface area contributed by atoms with Gasteiger partial charge in [-0.15, -0.1) is 0 Å². The molecule has 17 heavy (non-hydrogen) atoms. The molecule has 0 aliphatic carbocycles. The zero-order valence-corrected chi connectivity index (χ0v) is 13.0. The number of ether oxygens (including phenoxy) is 1. The molecule has 3 nitrogen and oxygen atoms in total. The van der Waals surface area contributed by atoms with E-state index in [9.17, 15) is 9.90 Å². The number of carbonyl (C=O) groups excluding carboxylic acids is 1. The van der Waals surface area contributed by atoms with E-state index < -0.39 is 5.97 Å². The van der Waals surface area contributed by atoms with Crippen LogP contribution in [0.2, 0.25) is 0 Å². The first-order chi connectivity index (χ1) is 7.69. The van der Waals surface area contributed by atoms with Crippen LogP contribution in [-0.2, 0) is 11.2 Å². The smallest absolute Gasteiger partial charge is 0.550 e. The molecule has 2 rings (SSSR count). The molecule has 2 aromatic rings. The summed E-state index contributed by atoms with van der Waals surface area (Å²) >= 11 is 0. The number of fused-ring (bicyclic) bond motifs is 1. The molecule has 0 amide bonds. The van der Waals surface area contributed by atoms with E-state index in [0.29, 0.717) is 0 Å². The van der Waals surface area contributed by atoms with Crippen molar-refractivity contribution in [3.63, 3.8) is 0 Å². The van der Waals surface area contributed by atoms with Crippen molar-refractivity contribution in [2.45, 2.75) is 6.42 Å². The van der Waals surface area contributed by atoms with Crippen LogP contribution in [0.15, 0.2) is 36.4 Å². The summed E-state index contributed by atoms with van der Waals surface area (Å²) in [5.41, 5.74) is 0.748. The fourth-order valence-corrected chi connectivity index (χ4v) is 1.68. The Labute approximate surface area is 142 Å². The van der Waals surface area contributed by atoms with E-state index in [1.54, 1.807) is 13.2 Å². The van der Waals surface area contributed by atoms with E-state index in [0.717, 1.165) is 22.1 Å². The van der Waals surface area contributed by atoms with E-state index in [1.165, 1.54) is 0 Å². The minimum Gasteiger partial charge on any atom is -0.550 e. The van der Waals surface area contributed by atoms with Gasteiger partial charge in [-0.2, -0.15) is 0 Å². The predicted molar refractivity (Wildman–Crippen MR) is 59.2 cm³/mol. The number of benzene rings is 2. The SMILES string of the molecule is COc1ccc2cc(CC(=O)[O-])ccc2c1.[K+]. The Morgan fingerprint density at radius 3 is 2.47 bits per heavy atom. The van der Waals surface area contributed by atoms with Crippen LogP contribution in [0, 0.1) is 0 Å². The zero-order valence-electron chi connectivity index (χ0n) is 9.90. The Kier molecular flexibility index (Phi) is 5.62. The van der Waals surface area contributed by atoms with Gasteiger partial charge in [0, 0.05) is 12.4 Å². The van der Waals surface area contributed by atoms with Crippen LogP contribution < -0.4 is 61.2 Å². The monoisotopic (exact) mass is 254 g/mol. The van der Waals surface area contributed by atoms with Crippen molar-refractivity contribution in [2.24, 2.45) is 0 Å². The minimum atomic E-state index is -1.06. The van der Waals surface area contributed by atoms with Crippen molar-refractivity contribution in [3.05, 3.63) is 42.0 Å². The molecule has 0 spiro atoms. The second kappa shape index (κ2) is 6.52. The molecule has 0 heterocycles. The number of rotatable bonds is 3. The van der Waals surface area contributed by atoms with Crippen LogP contribution in [0.3, 0.4) is 0 Å². The Hall–Kier alpha value is -0.394. The molecule has 0 fully saturated rings. The maximum Gasteiger partial charge on any atom is 1.00 e. The molecule has 0 radical (unpaired) electrons. The molecular weight excluding hydrogens is 243 g/mol. The molecule has 0 saturated carbocycles. The average molecular weight is 254 g/mol. The fraction of sp³-hybridized carbons (Fsp3) is 0.154. The molecule has 0 aliphatic heterocycles. The largest absolute Gasteiger partial charge is 1.00 e. The van der Waals surface area contributed by atoms with E-state index in [2.05, 4.69) is 0 Å². The Morgan fingerprint density at radius 2 is 1.82 bits per heavy atom. The number of carbonyl (C=O) groups is 1. The van der Waals surface area contributed by atoms with Crippen LogP contribution in [0.25, 0.3) is 10.8 Å². The van der Waals surface area contributed by atoms with Gasteiger partial charge in [0.05, 0.1) is 7.11 Å². The summed E-state index contributed by atoms with van der Waals surface area (Å²) in [6.07, 6.45) is -0.0536. The predicted octanol–water partition coefficient (Wildman–Crippen LogP) is -1.86. The maximum absolute atomic E-state index is 10.5. The van der Waals surface area contributed by atoms with E-state index >= 15 is 0 Å². The molecule has 0 aliphatic rings. The zero-order chi connectivity index (χ0) is 11.5. The van der Waals surface area contributed by atoms with Gasteiger partial charge in [-0.1, -0.05) is 24.3 Å². The van der Waals surface area contributed by atoms with Gasteiger partial charge in [-0.25, -0.2) is 0 Å². The van der Waals surface area contributed by atoms with Crippen molar-refractivity contribution in [1.82, 2.24) is 0 Å².